The van der Waals surface area contributed by atoms with Crippen LogP contribution in [0.15, 0.2) is 24.3 Å². The summed E-state index contributed by atoms with van der Waals surface area (Å²) in [6.45, 7) is 0.553. The smallest absolute Gasteiger partial charge is 0.326 e. The molecule has 1 saturated heterocycles. The van der Waals surface area contributed by atoms with Crippen molar-refractivity contribution < 1.29 is 19.4 Å². The molecule has 3 atom stereocenters. The number of carboxylic acids is 1. The molecular formula is C14H15NO4. The lowest BCUT2D eigenvalue weighted by Crippen LogP contribution is -2.43. The Labute approximate surface area is 110 Å². The first kappa shape index (κ1) is 12.0. The summed E-state index contributed by atoms with van der Waals surface area (Å²) < 4.78 is 5.08. The van der Waals surface area contributed by atoms with E-state index in [0.717, 1.165) is 6.42 Å². The molecule has 1 amide bonds. The van der Waals surface area contributed by atoms with Gasteiger partial charge in [0.1, 0.15) is 11.8 Å². The number of rotatable bonds is 3. The summed E-state index contributed by atoms with van der Waals surface area (Å²) in [6.07, 6.45) is 0.929. The molecule has 1 heterocycles. The van der Waals surface area contributed by atoms with Crippen LogP contribution in [-0.2, 0) is 4.79 Å². The number of hydrogen-bond donors (Lipinski definition) is 1. The number of fused-ring (bicyclic) bond motifs is 1. The number of nitrogens with zero attached hydrogens (tertiary/aromatic N) is 1. The highest BCUT2D eigenvalue weighted by Crippen LogP contribution is 2.49. The second-order valence-electron chi connectivity index (χ2n) is 5.13. The Morgan fingerprint density at radius 2 is 2.21 bits per heavy atom. The number of hydrogen-bond acceptors (Lipinski definition) is 3. The van der Waals surface area contributed by atoms with Crippen LogP contribution in [0.25, 0.3) is 0 Å². The minimum atomic E-state index is -0.902. The van der Waals surface area contributed by atoms with E-state index >= 15 is 0 Å². The molecule has 3 rings (SSSR count). The number of methoxy groups -OCH3 is 1. The van der Waals surface area contributed by atoms with Crippen LogP contribution in [0.1, 0.15) is 16.8 Å². The monoisotopic (exact) mass is 261 g/mol. The molecule has 19 heavy (non-hydrogen) atoms. The van der Waals surface area contributed by atoms with Crippen LogP contribution in [0, 0.1) is 11.8 Å². The molecule has 1 saturated carbocycles. The van der Waals surface area contributed by atoms with Crippen molar-refractivity contribution in [2.45, 2.75) is 12.5 Å². The Balaban J connectivity index is 1.85. The van der Waals surface area contributed by atoms with Gasteiger partial charge >= 0.3 is 5.97 Å². The molecule has 1 aliphatic carbocycles. The standard InChI is InChI=1S/C14H15NO4/c1-19-10-4-2-3-8(5-10)13(16)15-7-9-6-11(9)12(15)14(17)18/h2-5,9,11-12H,6-7H2,1H3,(H,17,18)/t9-,11-,12+/m0/s1. The number of carbonyl (C=O) groups excluding carboxylic acids is 1. The molecule has 100 valence electrons. The molecular weight excluding hydrogens is 246 g/mol. The summed E-state index contributed by atoms with van der Waals surface area (Å²) >= 11 is 0. The van der Waals surface area contributed by atoms with Crippen molar-refractivity contribution in [3.8, 4) is 5.75 Å². The van der Waals surface area contributed by atoms with E-state index in [0.29, 0.717) is 23.8 Å². The van der Waals surface area contributed by atoms with Gasteiger partial charge in [0.2, 0.25) is 0 Å². The van der Waals surface area contributed by atoms with Gasteiger partial charge in [-0.3, -0.25) is 4.79 Å². The number of ether oxygens (including phenoxy) is 1. The molecule has 1 N–H and O–H groups in total. The number of likely N-dealkylation sites (tertiary alicyclic amines) is 1. The van der Waals surface area contributed by atoms with Crippen molar-refractivity contribution in [1.82, 2.24) is 4.90 Å². The van der Waals surface area contributed by atoms with Gasteiger partial charge in [0.25, 0.3) is 5.91 Å². The lowest BCUT2D eigenvalue weighted by Gasteiger charge is -2.24. The van der Waals surface area contributed by atoms with Gasteiger partial charge < -0.3 is 14.7 Å². The lowest BCUT2D eigenvalue weighted by molar-refractivity contribution is -0.142. The molecule has 2 fully saturated rings. The topological polar surface area (TPSA) is 66.8 Å². The maximum atomic E-state index is 12.4. The van der Waals surface area contributed by atoms with Crippen molar-refractivity contribution >= 4 is 11.9 Å². The van der Waals surface area contributed by atoms with Gasteiger partial charge in [-0.25, -0.2) is 4.79 Å². The quantitative estimate of drug-likeness (QED) is 0.889. The summed E-state index contributed by atoms with van der Waals surface area (Å²) in [5, 5.41) is 9.26. The second-order valence-corrected chi connectivity index (χ2v) is 5.13. The Morgan fingerprint density at radius 1 is 1.42 bits per heavy atom. The van der Waals surface area contributed by atoms with Crippen molar-refractivity contribution in [3.63, 3.8) is 0 Å². The highest BCUT2D eigenvalue weighted by Gasteiger charge is 2.57. The highest BCUT2D eigenvalue weighted by molar-refractivity contribution is 5.97. The maximum Gasteiger partial charge on any atom is 0.326 e. The zero-order chi connectivity index (χ0) is 13.6. The molecule has 0 spiro atoms. The lowest BCUT2D eigenvalue weighted by atomic mass is 10.1. The molecule has 0 aromatic heterocycles. The van der Waals surface area contributed by atoms with E-state index in [2.05, 4.69) is 0 Å². The zero-order valence-electron chi connectivity index (χ0n) is 10.6. The number of carbonyl (C=O) groups is 2. The normalized spacial score (nSPS) is 27.8. The SMILES string of the molecule is COc1cccc(C(=O)N2C[C@@H]3C[C@@H]3[C@@H]2C(=O)O)c1. The number of carboxylic acid groups (broad SMARTS) is 1. The summed E-state index contributed by atoms with van der Waals surface area (Å²) in [7, 11) is 1.54. The highest BCUT2D eigenvalue weighted by atomic mass is 16.5. The molecule has 2 aliphatic rings. The summed E-state index contributed by atoms with van der Waals surface area (Å²) in [4.78, 5) is 25.2. The molecule has 0 unspecified atom stereocenters. The molecule has 0 radical (unpaired) electrons. The predicted molar refractivity (Wildman–Crippen MR) is 67.1 cm³/mol. The van der Waals surface area contributed by atoms with Gasteiger partial charge in [-0.2, -0.15) is 0 Å². The first-order chi connectivity index (χ1) is 9.11. The molecule has 5 nitrogen and oxygen atoms in total. The third kappa shape index (κ3) is 1.95. The molecule has 0 bridgehead atoms. The van der Waals surface area contributed by atoms with Gasteiger partial charge in [0.05, 0.1) is 7.11 Å². The van der Waals surface area contributed by atoms with E-state index in [-0.39, 0.29) is 11.8 Å². The number of aliphatic carboxylic acids is 1. The van der Waals surface area contributed by atoms with Crippen LogP contribution in [0.2, 0.25) is 0 Å². The van der Waals surface area contributed by atoms with Gasteiger partial charge in [-0.1, -0.05) is 6.07 Å². The van der Waals surface area contributed by atoms with Crippen LogP contribution in [0.5, 0.6) is 5.75 Å². The first-order valence-corrected chi connectivity index (χ1v) is 6.29. The fraction of sp³-hybridized carbons (Fsp3) is 0.429. The van der Waals surface area contributed by atoms with E-state index in [1.54, 1.807) is 24.3 Å². The molecule has 1 aromatic carbocycles. The fourth-order valence-corrected chi connectivity index (χ4v) is 2.91. The van der Waals surface area contributed by atoms with Gasteiger partial charge in [-0.05, 0) is 36.5 Å². The molecule has 1 aliphatic heterocycles. The minimum Gasteiger partial charge on any atom is -0.497 e. The first-order valence-electron chi connectivity index (χ1n) is 6.29. The fourth-order valence-electron chi connectivity index (χ4n) is 2.91. The summed E-state index contributed by atoms with van der Waals surface area (Å²) in [5.41, 5.74) is 0.479. The molecule has 1 aromatic rings. The Kier molecular flexibility index (Phi) is 2.69. The maximum absolute atomic E-state index is 12.4. The number of piperidine rings is 1. The van der Waals surface area contributed by atoms with Crippen molar-refractivity contribution in [1.29, 1.82) is 0 Å². The molecule has 5 heteroatoms. The average molecular weight is 261 g/mol. The van der Waals surface area contributed by atoms with Crippen molar-refractivity contribution in [2.75, 3.05) is 13.7 Å². The zero-order valence-corrected chi connectivity index (χ0v) is 10.6. The number of benzene rings is 1. The Hall–Kier alpha value is -2.04. The van der Waals surface area contributed by atoms with E-state index in [1.165, 1.54) is 12.0 Å². The third-order valence-electron chi connectivity index (χ3n) is 3.98. The predicted octanol–water partition coefficient (Wildman–Crippen LogP) is 1.24. The number of amides is 1. The van der Waals surface area contributed by atoms with Crippen LogP contribution >= 0.6 is 0 Å². The van der Waals surface area contributed by atoms with Crippen LogP contribution < -0.4 is 4.74 Å². The summed E-state index contributed by atoms with van der Waals surface area (Å²) in [6, 6.07) is 6.16. The second kappa shape index (κ2) is 4.26. The average Bonchev–Trinajstić information content (AvgIpc) is 3.07. The van der Waals surface area contributed by atoms with E-state index in [1.807, 2.05) is 0 Å². The van der Waals surface area contributed by atoms with Gasteiger partial charge in [0, 0.05) is 12.1 Å². The van der Waals surface area contributed by atoms with E-state index < -0.39 is 12.0 Å². The van der Waals surface area contributed by atoms with Crippen LogP contribution in [0.4, 0.5) is 0 Å². The largest absolute Gasteiger partial charge is 0.497 e. The van der Waals surface area contributed by atoms with Crippen molar-refractivity contribution in [3.05, 3.63) is 29.8 Å². The Bertz CT molecular complexity index is 542. The van der Waals surface area contributed by atoms with Crippen LogP contribution in [-0.4, -0.2) is 41.6 Å². The van der Waals surface area contributed by atoms with E-state index in [4.69, 9.17) is 4.74 Å². The van der Waals surface area contributed by atoms with Crippen molar-refractivity contribution in [2.24, 2.45) is 11.8 Å². The van der Waals surface area contributed by atoms with Crippen LogP contribution in [0.3, 0.4) is 0 Å². The Morgan fingerprint density at radius 3 is 2.89 bits per heavy atom. The summed E-state index contributed by atoms with van der Waals surface area (Å²) in [5.74, 6) is -0.00968. The minimum absolute atomic E-state index is 0.145. The van der Waals surface area contributed by atoms with Gasteiger partial charge in [0.15, 0.2) is 0 Å². The third-order valence-corrected chi connectivity index (χ3v) is 3.98. The van der Waals surface area contributed by atoms with Gasteiger partial charge in [-0.15, -0.1) is 0 Å². The van der Waals surface area contributed by atoms with E-state index in [9.17, 15) is 14.7 Å².